The van der Waals surface area contributed by atoms with Crippen molar-refractivity contribution in [3.05, 3.63) is 45.1 Å². The van der Waals surface area contributed by atoms with Crippen molar-refractivity contribution in [1.82, 2.24) is 14.9 Å². The number of carbonyl (C=O) groups excluding carboxylic acids is 1. The Kier molecular flexibility index (Phi) is 3.72. The van der Waals surface area contributed by atoms with Crippen LogP contribution in [0.2, 0.25) is 5.02 Å². The molecule has 104 valence electrons. The average Bonchev–Trinajstić information content (AvgIpc) is 3.07. The number of aryl methyl sites for hydroxylation is 1. The Hall–Kier alpha value is -1.46. The third-order valence-corrected chi connectivity index (χ3v) is 4.67. The second-order valence-corrected chi connectivity index (χ2v) is 6.17. The third kappa shape index (κ3) is 2.55. The van der Waals surface area contributed by atoms with Gasteiger partial charge in [0.15, 0.2) is 0 Å². The fraction of sp³-hybridized carbons (Fsp3) is 0.357. The highest BCUT2D eigenvalue weighted by molar-refractivity contribution is 7.09. The van der Waals surface area contributed by atoms with E-state index < -0.39 is 0 Å². The molecule has 6 heteroatoms. The summed E-state index contributed by atoms with van der Waals surface area (Å²) in [4.78, 5) is 23.0. The second-order valence-electron chi connectivity index (χ2n) is 4.85. The Labute approximate surface area is 126 Å². The molecule has 0 aliphatic carbocycles. The van der Waals surface area contributed by atoms with E-state index >= 15 is 0 Å². The fourth-order valence-electron chi connectivity index (χ4n) is 2.44. The molecule has 0 saturated carbocycles. The maximum atomic E-state index is 12.5. The average molecular weight is 308 g/mol. The Morgan fingerprint density at radius 2 is 2.35 bits per heavy atom. The summed E-state index contributed by atoms with van der Waals surface area (Å²) < 4.78 is 0. The van der Waals surface area contributed by atoms with Crippen molar-refractivity contribution >= 4 is 28.8 Å². The van der Waals surface area contributed by atoms with Crippen molar-refractivity contribution in [2.75, 3.05) is 6.54 Å². The summed E-state index contributed by atoms with van der Waals surface area (Å²) in [6.07, 6.45) is 3.47. The van der Waals surface area contributed by atoms with Crippen molar-refractivity contribution in [1.29, 1.82) is 0 Å². The Morgan fingerprint density at radius 1 is 1.50 bits per heavy atom. The number of aromatic nitrogens is 2. The minimum Gasteiger partial charge on any atom is -0.328 e. The van der Waals surface area contributed by atoms with E-state index in [-0.39, 0.29) is 11.9 Å². The van der Waals surface area contributed by atoms with Crippen LogP contribution in [0.5, 0.6) is 0 Å². The number of hydrogen-bond donors (Lipinski definition) is 0. The summed E-state index contributed by atoms with van der Waals surface area (Å²) in [5, 5.41) is 3.58. The summed E-state index contributed by atoms with van der Waals surface area (Å²) >= 11 is 7.43. The first-order chi connectivity index (χ1) is 9.65. The molecule has 1 aliphatic heterocycles. The number of amides is 1. The van der Waals surface area contributed by atoms with E-state index in [1.807, 2.05) is 17.2 Å². The third-order valence-electron chi connectivity index (χ3n) is 3.38. The molecule has 3 rings (SSSR count). The lowest BCUT2D eigenvalue weighted by Crippen LogP contribution is -2.31. The zero-order valence-corrected chi connectivity index (χ0v) is 12.6. The minimum absolute atomic E-state index is 0.0444. The lowest BCUT2D eigenvalue weighted by Gasteiger charge is -2.22. The van der Waals surface area contributed by atoms with Gasteiger partial charge in [0.25, 0.3) is 5.91 Å². The van der Waals surface area contributed by atoms with Crippen LogP contribution in [0, 0.1) is 6.92 Å². The maximum Gasteiger partial charge on any atom is 0.273 e. The van der Waals surface area contributed by atoms with Gasteiger partial charge in [0.1, 0.15) is 10.7 Å². The quantitative estimate of drug-likeness (QED) is 0.853. The molecule has 3 heterocycles. The summed E-state index contributed by atoms with van der Waals surface area (Å²) in [7, 11) is 0. The van der Waals surface area contributed by atoms with Crippen LogP contribution < -0.4 is 0 Å². The zero-order chi connectivity index (χ0) is 14.1. The number of pyridine rings is 1. The molecule has 20 heavy (non-hydrogen) atoms. The van der Waals surface area contributed by atoms with Crippen molar-refractivity contribution in [3.63, 3.8) is 0 Å². The predicted molar refractivity (Wildman–Crippen MR) is 79.1 cm³/mol. The summed E-state index contributed by atoms with van der Waals surface area (Å²) in [6.45, 7) is 2.73. The van der Waals surface area contributed by atoms with Gasteiger partial charge in [-0.15, -0.1) is 11.3 Å². The van der Waals surface area contributed by atoms with Crippen LogP contribution in [0.1, 0.15) is 40.1 Å². The molecule has 0 bridgehead atoms. The van der Waals surface area contributed by atoms with Crippen LogP contribution in [0.4, 0.5) is 0 Å². The fourth-order valence-corrected chi connectivity index (χ4v) is 3.50. The van der Waals surface area contributed by atoms with Gasteiger partial charge >= 0.3 is 0 Å². The van der Waals surface area contributed by atoms with Crippen molar-refractivity contribution in [2.24, 2.45) is 0 Å². The first kappa shape index (κ1) is 13.5. The van der Waals surface area contributed by atoms with Crippen molar-refractivity contribution in [2.45, 2.75) is 25.8 Å². The number of likely N-dealkylation sites (tertiary alicyclic amines) is 1. The molecule has 4 nitrogen and oxygen atoms in total. The van der Waals surface area contributed by atoms with E-state index in [1.165, 1.54) is 6.20 Å². The standard InChI is InChI=1S/C14H14ClN3OS/c1-9-8-20-13(17-9)12-3-2-6-18(12)14(19)11-5-4-10(15)7-16-11/h4-5,7-8,12H,2-3,6H2,1H3/t12-/m0/s1. The molecule has 0 spiro atoms. The smallest absolute Gasteiger partial charge is 0.273 e. The highest BCUT2D eigenvalue weighted by atomic mass is 35.5. The Balaban J connectivity index is 1.85. The van der Waals surface area contributed by atoms with Gasteiger partial charge in [0.2, 0.25) is 0 Å². The molecule has 2 aromatic heterocycles. The molecule has 1 saturated heterocycles. The summed E-state index contributed by atoms with van der Waals surface area (Å²) in [5.41, 5.74) is 1.45. The lowest BCUT2D eigenvalue weighted by molar-refractivity contribution is 0.0729. The van der Waals surface area contributed by atoms with Crippen LogP contribution in [0.3, 0.4) is 0 Å². The Morgan fingerprint density at radius 3 is 3.00 bits per heavy atom. The molecule has 1 atom stereocenters. The van der Waals surface area contributed by atoms with Crippen LogP contribution in [0.15, 0.2) is 23.7 Å². The van der Waals surface area contributed by atoms with Gasteiger partial charge in [-0.1, -0.05) is 11.6 Å². The topological polar surface area (TPSA) is 46.1 Å². The molecule has 1 fully saturated rings. The van der Waals surface area contributed by atoms with Crippen LogP contribution in [-0.4, -0.2) is 27.3 Å². The Bertz CT molecular complexity index is 626. The van der Waals surface area contributed by atoms with Gasteiger partial charge < -0.3 is 4.90 Å². The van der Waals surface area contributed by atoms with Gasteiger partial charge in [-0.2, -0.15) is 0 Å². The van der Waals surface area contributed by atoms with E-state index in [0.29, 0.717) is 10.7 Å². The molecular formula is C14H14ClN3OS. The molecular weight excluding hydrogens is 294 g/mol. The highest BCUT2D eigenvalue weighted by Gasteiger charge is 2.32. The lowest BCUT2D eigenvalue weighted by atomic mass is 10.2. The van der Waals surface area contributed by atoms with Gasteiger partial charge in [-0.25, -0.2) is 9.97 Å². The molecule has 1 aliphatic rings. The number of nitrogens with zero attached hydrogens (tertiary/aromatic N) is 3. The molecule has 0 aromatic carbocycles. The highest BCUT2D eigenvalue weighted by Crippen LogP contribution is 2.34. The summed E-state index contributed by atoms with van der Waals surface area (Å²) in [5.74, 6) is -0.0444. The van der Waals surface area contributed by atoms with Crippen molar-refractivity contribution < 1.29 is 4.79 Å². The van der Waals surface area contributed by atoms with E-state index in [4.69, 9.17) is 11.6 Å². The van der Waals surface area contributed by atoms with E-state index in [9.17, 15) is 4.79 Å². The SMILES string of the molecule is Cc1csc([C@@H]2CCCN2C(=O)c2ccc(Cl)cn2)n1. The predicted octanol–water partition coefficient (Wildman–Crippen LogP) is 3.48. The minimum atomic E-state index is -0.0444. The first-order valence-electron chi connectivity index (χ1n) is 6.49. The van der Waals surface area contributed by atoms with E-state index in [0.717, 1.165) is 30.1 Å². The normalized spacial score (nSPS) is 18.5. The van der Waals surface area contributed by atoms with Gasteiger partial charge in [0, 0.05) is 23.8 Å². The van der Waals surface area contributed by atoms with Crippen molar-refractivity contribution in [3.8, 4) is 0 Å². The molecule has 2 aromatic rings. The number of thiazole rings is 1. The number of carbonyl (C=O) groups is 1. The van der Waals surface area contributed by atoms with E-state index in [2.05, 4.69) is 9.97 Å². The van der Waals surface area contributed by atoms with Crippen LogP contribution in [0.25, 0.3) is 0 Å². The molecule has 0 unspecified atom stereocenters. The van der Waals surface area contributed by atoms with Crippen LogP contribution >= 0.6 is 22.9 Å². The molecule has 1 amide bonds. The second kappa shape index (κ2) is 5.50. The monoisotopic (exact) mass is 307 g/mol. The number of halogens is 1. The summed E-state index contributed by atoms with van der Waals surface area (Å²) in [6, 6.07) is 3.45. The van der Waals surface area contributed by atoms with Crippen LogP contribution in [-0.2, 0) is 0 Å². The maximum absolute atomic E-state index is 12.5. The first-order valence-corrected chi connectivity index (χ1v) is 7.75. The van der Waals surface area contributed by atoms with Gasteiger partial charge in [-0.3, -0.25) is 4.79 Å². The number of rotatable bonds is 2. The largest absolute Gasteiger partial charge is 0.328 e. The molecule has 0 radical (unpaired) electrons. The van der Waals surface area contributed by atoms with E-state index in [1.54, 1.807) is 23.5 Å². The zero-order valence-electron chi connectivity index (χ0n) is 11.0. The number of hydrogen-bond acceptors (Lipinski definition) is 4. The van der Waals surface area contributed by atoms with Gasteiger partial charge in [0.05, 0.1) is 11.1 Å². The molecule has 0 N–H and O–H groups in total. The van der Waals surface area contributed by atoms with Gasteiger partial charge in [-0.05, 0) is 31.9 Å².